The predicted octanol–water partition coefficient (Wildman–Crippen LogP) is 2.15. The average Bonchev–Trinajstić information content (AvgIpc) is 2.87. The van der Waals surface area contributed by atoms with E-state index in [2.05, 4.69) is 48.0 Å². The lowest BCUT2D eigenvalue weighted by Crippen LogP contribution is -2.51. The normalized spacial score (nSPS) is 28.8. The second-order valence-electron chi connectivity index (χ2n) is 7.28. The molecule has 0 spiro atoms. The monoisotopic (exact) mass is 314 g/mol. The second-order valence-corrected chi connectivity index (χ2v) is 7.28. The minimum atomic E-state index is -0.0604. The van der Waals surface area contributed by atoms with Gasteiger partial charge in [0.2, 0.25) is 0 Å². The van der Waals surface area contributed by atoms with Crippen LogP contribution in [0.2, 0.25) is 0 Å². The van der Waals surface area contributed by atoms with Crippen molar-refractivity contribution < 1.29 is 9.84 Å². The maximum atomic E-state index is 9.63. The number of likely N-dealkylation sites (tertiary alicyclic amines) is 1. The summed E-state index contributed by atoms with van der Waals surface area (Å²) in [5.41, 5.74) is 4.31. The summed E-state index contributed by atoms with van der Waals surface area (Å²) >= 11 is 0. The Kier molecular flexibility index (Phi) is 3.71. The third kappa shape index (κ3) is 2.24. The molecular weight excluding hydrogens is 288 g/mol. The summed E-state index contributed by atoms with van der Waals surface area (Å²) in [5, 5.41) is 11.1. The standard InChI is InChI=1S/C19H26N2O2/c1-20-10-13-8-17-15(14-5-4-6-16(20)19(13)14)7-12(9-21(17)2)18(11-22)23-3/h4-6,10,12,15,17-18,22H,7-9,11H2,1-3H3/t12-,15?,17-,18?/m1/s1. The number of hydrogen-bond acceptors (Lipinski definition) is 3. The summed E-state index contributed by atoms with van der Waals surface area (Å²) < 4.78 is 7.79. The Labute approximate surface area is 137 Å². The third-order valence-corrected chi connectivity index (χ3v) is 6.07. The summed E-state index contributed by atoms with van der Waals surface area (Å²) in [6.45, 7) is 1.10. The highest BCUT2D eigenvalue weighted by Crippen LogP contribution is 2.45. The minimum absolute atomic E-state index is 0.0604. The Morgan fingerprint density at radius 1 is 1.35 bits per heavy atom. The summed E-state index contributed by atoms with van der Waals surface area (Å²) in [6.07, 6.45) is 4.46. The number of fused-ring (bicyclic) bond motifs is 2. The van der Waals surface area contributed by atoms with E-state index in [1.54, 1.807) is 7.11 Å². The number of aliphatic hydroxyl groups is 1. The Hall–Kier alpha value is -1.36. The molecule has 0 bridgehead atoms. The van der Waals surface area contributed by atoms with E-state index < -0.39 is 0 Å². The zero-order valence-corrected chi connectivity index (χ0v) is 14.2. The molecule has 1 N–H and O–H groups in total. The van der Waals surface area contributed by atoms with Gasteiger partial charge in [-0.2, -0.15) is 0 Å². The molecule has 2 heterocycles. The highest BCUT2D eigenvalue weighted by Gasteiger charge is 2.41. The number of methoxy groups -OCH3 is 1. The van der Waals surface area contributed by atoms with Crippen molar-refractivity contribution in [3.8, 4) is 0 Å². The quantitative estimate of drug-likeness (QED) is 0.943. The molecule has 124 valence electrons. The van der Waals surface area contributed by atoms with Crippen LogP contribution in [-0.2, 0) is 18.2 Å². The molecule has 1 aromatic heterocycles. The molecule has 1 fully saturated rings. The van der Waals surface area contributed by atoms with E-state index in [0.29, 0.717) is 17.9 Å². The number of nitrogens with zero attached hydrogens (tertiary/aromatic N) is 2. The van der Waals surface area contributed by atoms with Gasteiger partial charge in [-0.05, 0) is 37.1 Å². The number of benzene rings is 1. The first-order valence-corrected chi connectivity index (χ1v) is 8.54. The zero-order chi connectivity index (χ0) is 16.1. The third-order valence-electron chi connectivity index (χ3n) is 6.07. The Morgan fingerprint density at radius 2 is 2.17 bits per heavy atom. The fourth-order valence-corrected chi connectivity index (χ4v) is 4.95. The number of aliphatic hydroxyl groups excluding tert-OH is 1. The summed E-state index contributed by atoms with van der Waals surface area (Å²) in [7, 11) is 6.08. The van der Waals surface area contributed by atoms with Crippen molar-refractivity contribution in [3.63, 3.8) is 0 Å². The van der Waals surface area contributed by atoms with Crippen molar-refractivity contribution >= 4 is 10.9 Å². The van der Waals surface area contributed by atoms with Gasteiger partial charge in [-0.15, -0.1) is 0 Å². The van der Waals surface area contributed by atoms with Crippen molar-refractivity contribution in [2.24, 2.45) is 13.0 Å². The smallest absolute Gasteiger partial charge is 0.0842 e. The Morgan fingerprint density at radius 3 is 2.91 bits per heavy atom. The molecule has 2 aliphatic rings. The van der Waals surface area contributed by atoms with Crippen LogP contribution in [0.3, 0.4) is 0 Å². The molecular formula is C19H26N2O2. The number of aromatic nitrogens is 1. The van der Waals surface area contributed by atoms with Crippen LogP contribution in [-0.4, -0.2) is 54.0 Å². The lowest BCUT2D eigenvalue weighted by atomic mass is 9.71. The van der Waals surface area contributed by atoms with E-state index in [1.807, 2.05) is 0 Å². The van der Waals surface area contributed by atoms with Gasteiger partial charge in [0.25, 0.3) is 0 Å². The molecule has 4 heteroatoms. The van der Waals surface area contributed by atoms with Crippen LogP contribution < -0.4 is 0 Å². The first-order valence-electron chi connectivity index (χ1n) is 8.54. The molecule has 0 radical (unpaired) electrons. The Balaban J connectivity index is 1.77. The molecule has 1 aliphatic carbocycles. The summed E-state index contributed by atoms with van der Waals surface area (Å²) in [5.74, 6) is 0.915. The van der Waals surface area contributed by atoms with Gasteiger partial charge < -0.3 is 19.3 Å². The van der Waals surface area contributed by atoms with Gasteiger partial charge in [-0.25, -0.2) is 0 Å². The average molecular weight is 314 g/mol. The van der Waals surface area contributed by atoms with Crippen LogP contribution in [0.5, 0.6) is 0 Å². The molecule has 2 unspecified atom stereocenters. The van der Waals surface area contributed by atoms with E-state index in [4.69, 9.17) is 4.74 Å². The molecule has 1 aliphatic heterocycles. The molecule has 2 aromatic rings. The van der Waals surface area contributed by atoms with Gasteiger partial charge in [0.05, 0.1) is 12.7 Å². The van der Waals surface area contributed by atoms with Gasteiger partial charge in [0.15, 0.2) is 0 Å². The first-order chi connectivity index (χ1) is 11.1. The lowest BCUT2D eigenvalue weighted by molar-refractivity contribution is -0.0301. The Bertz CT molecular complexity index is 719. The maximum Gasteiger partial charge on any atom is 0.0842 e. The molecule has 1 saturated heterocycles. The zero-order valence-electron chi connectivity index (χ0n) is 14.2. The highest BCUT2D eigenvalue weighted by atomic mass is 16.5. The molecule has 23 heavy (non-hydrogen) atoms. The van der Waals surface area contributed by atoms with E-state index in [1.165, 1.54) is 22.0 Å². The number of ether oxygens (including phenoxy) is 1. The minimum Gasteiger partial charge on any atom is -0.394 e. The van der Waals surface area contributed by atoms with Crippen molar-refractivity contribution in [2.75, 3.05) is 27.3 Å². The fourth-order valence-electron chi connectivity index (χ4n) is 4.95. The lowest BCUT2D eigenvalue weighted by Gasteiger charge is -2.47. The summed E-state index contributed by atoms with van der Waals surface area (Å²) in [6, 6.07) is 7.27. The molecule has 0 amide bonds. The van der Waals surface area contributed by atoms with Crippen LogP contribution in [0.15, 0.2) is 24.4 Å². The van der Waals surface area contributed by atoms with Crippen molar-refractivity contribution in [1.29, 1.82) is 0 Å². The first kappa shape index (κ1) is 15.2. The number of likely N-dealkylation sites (N-methyl/N-ethyl adjacent to an activating group) is 1. The van der Waals surface area contributed by atoms with E-state index in [9.17, 15) is 5.11 Å². The number of aryl methyl sites for hydroxylation is 1. The van der Waals surface area contributed by atoms with Crippen molar-refractivity contribution in [3.05, 3.63) is 35.5 Å². The van der Waals surface area contributed by atoms with Crippen LogP contribution in [0.4, 0.5) is 0 Å². The van der Waals surface area contributed by atoms with Gasteiger partial charge in [0, 0.05) is 55.7 Å². The van der Waals surface area contributed by atoms with Gasteiger partial charge in [-0.3, -0.25) is 0 Å². The molecule has 4 atom stereocenters. The largest absolute Gasteiger partial charge is 0.394 e. The maximum absolute atomic E-state index is 9.63. The molecule has 4 nitrogen and oxygen atoms in total. The van der Waals surface area contributed by atoms with Crippen LogP contribution >= 0.6 is 0 Å². The predicted molar refractivity (Wildman–Crippen MR) is 91.8 cm³/mol. The SMILES string of the molecule is COC(CO)[C@@H]1CC2c3cccc4c3c(cn4C)C[C@H]2N(C)C1. The van der Waals surface area contributed by atoms with E-state index >= 15 is 0 Å². The highest BCUT2D eigenvalue weighted by molar-refractivity contribution is 5.89. The molecule has 1 aromatic carbocycles. The molecule has 0 saturated carbocycles. The van der Waals surface area contributed by atoms with Crippen molar-refractivity contribution in [1.82, 2.24) is 9.47 Å². The van der Waals surface area contributed by atoms with E-state index in [-0.39, 0.29) is 12.7 Å². The van der Waals surface area contributed by atoms with Gasteiger partial charge >= 0.3 is 0 Å². The van der Waals surface area contributed by atoms with Crippen LogP contribution in [0.25, 0.3) is 10.9 Å². The van der Waals surface area contributed by atoms with Gasteiger partial charge in [0.1, 0.15) is 0 Å². The van der Waals surface area contributed by atoms with Crippen molar-refractivity contribution in [2.45, 2.75) is 30.9 Å². The molecule has 4 rings (SSSR count). The van der Waals surface area contributed by atoms with Crippen LogP contribution in [0.1, 0.15) is 23.5 Å². The number of rotatable bonds is 3. The number of piperidine rings is 1. The fraction of sp³-hybridized carbons (Fsp3) is 0.579. The van der Waals surface area contributed by atoms with Crippen LogP contribution in [0, 0.1) is 5.92 Å². The number of hydrogen-bond donors (Lipinski definition) is 1. The topological polar surface area (TPSA) is 37.6 Å². The van der Waals surface area contributed by atoms with E-state index in [0.717, 1.165) is 19.4 Å². The van der Waals surface area contributed by atoms with Gasteiger partial charge in [-0.1, -0.05) is 12.1 Å². The second kappa shape index (κ2) is 5.62. The summed E-state index contributed by atoms with van der Waals surface area (Å²) in [4.78, 5) is 2.48.